The number of aliphatic hydroxyl groups is 1. The van der Waals surface area contributed by atoms with E-state index >= 15 is 0 Å². The normalized spacial score (nSPS) is 21.9. The fourth-order valence-electron chi connectivity index (χ4n) is 3.07. The van der Waals surface area contributed by atoms with Gasteiger partial charge in [-0.1, -0.05) is 60.7 Å². The van der Waals surface area contributed by atoms with Crippen LogP contribution in [0.5, 0.6) is 0 Å². The van der Waals surface area contributed by atoms with Gasteiger partial charge in [0.15, 0.2) is 0 Å². The molecule has 0 bridgehead atoms. The third-order valence-electron chi connectivity index (χ3n) is 4.18. The molecule has 0 spiro atoms. The number of nitrogens with zero attached hydrogens (tertiary/aromatic N) is 4. The van der Waals surface area contributed by atoms with E-state index in [0.717, 1.165) is 22.4 Å². The first-order chi connectivity index (χ1) is 11.8. The van der Waals surface area contributed by atoms with Crippen LogP contribution in [-0.2, 0) is 5.60 Å². The molecule has 1 N–H and O–H groups in total. The molecule has 118 valence electrons. The van der Waals surface area contributed by atoms with E-state index in [4.69, 9.17) is 0 Å². The minimum absolute atomic E-state index is 0.402. The first kappa shape index (κ1) is 14.5. The molecule has 2 aromatic carbocycles. The Bertz CT molecular complexity index is 886. The highest BCUT2D eigenvalue weighted by atomic mass is 16.3. The highest BCUT2D eigenvalue weighted by molar-refractivity contribution is 6.08. The lowest BCUT2D eigenvalue weighted by molar-refractivity contribution is 0.113. The second kappa shape index (κ2) is 5.86. The predicted molar refractivity (Wildman–Crippen MR) is 92.2 cm³/mol. The Morgan fingerprint density at radius 2 is 1.54 bits per heavy atom. The summed E-state index contributed by atoms with van der Waals surface area (Å²) >= 11 is 0. The van der Waals surface area contributed by atoms with Crippen molar-refractivity contribution < 1.29 is 5.11 Å². The van der Waals surface area contributed by atoms with Gasteiger partial charge >= 0.3 is 0 Å². The molecule has 1 heterocycles. The average Bonchev–Trinajstić information content (AvgIpc) is 3.25. The zero-order valence-corrected chi connectivity index (χ0v) is 12.9. The maximum atomic E-state index is 11.5. The maximum Gasteiger partial charge on any atom is 0.141 e. The topological polar surface area (TPSA) is 63.3 Å². The van der Waals surface area contributed by atoms with E-state index in [2.05, 4.69) is 15.3 Å². The number of aromatic nitrogens is 3. The average molecular weight is 316 g/mol. The van der Waals surface area contributed by atoms with Crippen molar-refractivity contribution in [2.45, 2.75) is 12.0 Å². The molecule has 5 heteroatoms. The van der Waals surface area contributed by atoms with Crippen LogP contribution in [-0.4, -0.2) is 25.7 Å². The Labute approximate surface area is 139 Å². The summed E-state index contributed by atoms with van der Waals surface area (Å²) in [6.07, 6.45) is 5.41. The van der Waals surface area contributed by atoms with E-state index in [1.54, 1.807) is 4.68 Å². The molecular weight excluding hydrogens is 300 g/mol. The molecule has 0 amide bonds. The van der Waals surface area contributed by atoms with Gasteiger partial charge in [-0.15, -0.1) is 10.2 Å². The summed E-state index contributed by atoms with van der Waals surface area (Å²) in [4.78, 5) is 0. The third-order valence-corrected chi connectivity index (χ3v) is 4.18. The molecule has 1 aliphatic carbocycles. The number of rotatable bonds is 3. The van der Waals surface area contributed by atoms with Crippen molar-refractivity contribution in [3.63, 3.8) is 0 Å². The Kier molecular flexibility index (Phi) is 3.55. The maximum absolute atomic E-state index is 11.5. The van der Waals surface area contributed by atoms with Gasteiger partial charge in [-0.25, -0.2) is 4.68 Å². The van der Waals surface area contributed by atoms with Crippen LogP contribution in [0.1, 0.15) is 17.5 Å². The predicted octanol–water partition coefficient (Wildman–Crippen LogP) is 2.86. The molecule has 1 aromatic heterocycles. The second-order valence-electron chi connectivity index (χ2n) is 5.76. The molecule has 24 heavy (non-hydrogen) atoms. The van der Waals surface area contributed by atoms with Crippen LogP contribution in [0.4, 0.5) is 0 Å². The largest absolute Gasteiger partial charge is 0.380 e. The molecule has 1 aliphatic rings. The van der Waals surface area contributed by atoms with Crippen molar-refractivity contribution in [2.75, 3.05) is 0 Å². The van der Waals surface area contributed by atoms with Crippen molar-refractivity contribution in [2.24, 2.45) is 5.10 Å². The highest BCUT2D eigenvalue weighted by Crippen LogP contribution is 2.43. The number of allylic oxidation sites excluding steroid dienone is 1. The summed E-state index contributed by atoms with van der Waals surface area (Å²) in [7, 11) is 0. The fraction of sp³-hybridized carbons (Fsp3) is 0.105. The number of benzene rings is 2. The van der Waals surface area contributed by atoms with Gasteiger partial charge in [0.25, 0.3) is 0 Å². The van der Waals surface area contributed by atoms with Gasteiger partial charge < -0.3 is 5.11 Å². The van der Waals surface area contributed by atoms with E-state index in [0.29, 0.717) is 6.42 Å². The lowest BCUT2D eigenvalue weighted by atomic mass is 9.84. The van der Waals surface area contributed by atoms with Crippen LogP contribution in [0.15, 0.2) is 84.5 Å². The Morgan fingerprint density at radius 3 is 2.21 bits per heavy atom. The Hall–Kier alpha value is -3.05. The summed E-state index contributed by atoms with van der Waals surface area (Å²) in [5, 5.41) is 23.5. The van der Waals surface area contributed by atoms with E-state index in [1.807, 2.05) is 66.7 Å². The van der Waals surface area contributed by atoms with Crippen LogP contribution in [0.3, 0.4) is 0 Å². The van der Waals surface area contributed by atoms with Gasteiger partial charge in [-0.05, 0) is 22.8 Å². The summed E-state index contributed by atoms with van der Waals surface area (Å²) in [5.41, 5.74) is 2.36. The molecule has 0 saturated carbocycles. The quantitative estimate of drug-likeness (QED) is 0.808. The zero-order chi connectivity index (χ0) is 16.4. The standard InChI is InChI=1S/C19H16N4O/c24-19(16-9-5-2-6-10-16)12-17(22-23-13-20-21-14-23)11-18(19)15-7-3-1-4-8-15/h1-11,13-14,24H,12H2. The first-order valence-corrected chi connectivity index (χ1v) is 7.74. The van der Waals surface area contributed by atoms with Crippen LogP contribution < -0.4 is 0 Å². The molecule has 0 radical (unpaired) electrons. The molecule has 1 atom stereocenters. The van der Waals surface area contributed by atoms with E-state index in [9.17, 15) is 5.11 Å². The Balaban J connectivity index is 1.83. The third kappa shape index (κ3) is 2.55. The fourth-order valence-corrected chi connectivity index (χ4v) is 3.07. The molecule has 5 nitrogen and oxygen atoms in total. The summed E-state index contributed by atoms with van der Waals surface area (Å²) < 4.78 is 1.55. The van der Waals surface area contributed by atoms with Crippen LogP contribution in [0, 0.1) is 0 Å². The van der Waals surface area contributed by atoms with Crippen molar-refractivity contribution >= 4 is 11.3 Å². The molecule has 4 rings (SSSR count). The van der Waals surface area contributed by atoms with E-state index < -0.39 is 5.60 Å². The van der Waals surface area contributed by atoms with Crippen LogP contribution >= 0.6 is 0 Å². The minimum Gasteiger partial charge on any atom is -0.380 e. The summed E-state index contributed by atoms with van der Waals surface area (Å²) in [6.45, 7) is 0. The van der Waals surface area contributed by atoms with E-state index in [1.165, 1.54) is 12.7 Å². The zero-order valence-electron chi connectivity index (χ0n) is 12.9. The minimum atomic E-state index is -1.10. The lowest BCUT2D eigenvalue weighted by Crippen LogP contribution is -2.25. The van der Waals surface area contributed by atoms with Gasteiger partial charge in [-0.2, -0.15) is 5.10 Å². The van der Waals surface area contributed by atoms with Gasteiger partial charge in [0.1, 0.15) is 18.3 Å². The van der Waals surface area contributed by atoms with Crippen molar-refractivity contribution in [1.29, 1.82) is 0 Å². The van der Waals surface area contributed by atoms with Crippen molar-refractivity contribution in [3.05, 3.63) is 90.5 Å². The molecule has 0 aliphatic heterocycles. The summed E-state index contributed by atoms with van der Waals surface area (Å²) in [6, 6.07) is 19.6. The molecule has 0 fully saturated rings. The first-order valence-electron chi connectivity index (χ1n) is 7.74. The molecule has 1 unspecified atom stereocenters. The van der Waals surface area contributed by atoms with Gasteiger partial charge in [0.05, 0.1) is 5.71 Å². The van der Waals surface area contributed by atoms with Crippen molar-refractivity contribution in [3.8, 4) is 0 Å². The van der Waals surface area contributed by atoms with Gasteiger partial charge in [0.2, 0.25) is 0 Å². The summed E-state index contributed by atoms with van der Waals surface area (Å²) in [5.74, 6) is 0. The second-order valence-corrected chi connectivity index (χ2v) is 5.76. The van der Waals surface area contributed by atoms with Crippen LogP contribution in [0.2, 0.25) is 0 Å². The monoisotopic (exact) mass is 316 g/mol. The van der Waals surface area contributed by atoms with E-state index in [-0.39, 0.29) is 0 Å². The Morgan fingerprint density at radius 1 is 0.917 bits per heavy atom. The molecule has 0 saturated heterocycles. The highest BCUT2D eigenvalue weighted by Gasteiger charge is 2.40. The van der Waals surface area contributed by atoms with Crippen LogP contribution in [0.25, 0.3) is 5.57 Å². The SMILES string of the molecule is OC1(c2ccccc2)CC(=Nn2cnnc2)C=C1c1ccccc1. The van der Waals surface area contributed by atoms with Gasteiger partial charge in [-0.3, -0.25) is 0 Å². The number of hydrogen-bond acceptors (Lipinski definition) is 4. The van der Waals surface area contributed by atoms with Gasteiger partial charge in [0, 0.05) is 6.42 Å². The lowest BCUT2D eigenvalue weighted by Gasteiger charge is -2.27. The number of hydrogen-bond donors (Lipinski definition) is 1. The van der Waals surface area contributed by atoms with Crippen molar-refractivity contribution in [1.82, 2.24) is 14.9 Å². The molecule has 3 aromatic rings. The molecular formula is C19H16N4O. The smallest absolute Gasteiger partial charge is 0.141 e.